The number of nitrogens with zero attached hydrogens (tertiary/aromatic N) is 1. The first-order valence-corrected chi connectivity index (χ1v) is 11.9. The van der Waals surface area contributed by atoms with Crippen LogP contribution < -0.4 is 14.4 Å². The molecule has 0 fully saturated rings. The molecule has 0 saturated heterocycles. The number of carbonyl (C=O) groups excluding carboxylic acids is 1. The number of aryl methyl sites for hydroxylation is 3. The van der Waals surface area contributed by atoms with Gasteiger partial charge in [-0.2, -0.15) is 0 Å². The molecule has 0 saturated carbocycles. The molecule has 0 radical (unpaired) electrons. The minimum atomic E-state index is -3.70. The fourth-order valence-corrected chi connectivity index (χ4v) is 5.48. The smallest absolute Gasteiger partial charge is 0.264 e. The molecule has 0 aromatic heterocycles. The van der Waals surface area contributed by atoms with Crippen molar-refractivity contribution in [2.24, 2.45) is 0 Å². The van der Waals surface area contributed by atoms with Crippen LogP contribution in [0.3, 0.4) is 0 Å². The third-order valence-electron chi connectivity index (χ3n) is 5.70. The summed E-state index contributed by atoms with van der Waals surface area (Å²) in [4.78, 5) is 13.0. The Morgan fingerprint density at radius 3 is 2.47 bits per heavy atom. The van der Waals surface area contributed by atoms with Crippen molar-refractivity contribution < 1.29 is 17.9 Å². The van der Waals surface area contributed by atoms with Gasteiger partial charge in [0.2, 0.25) is 0 Å². The van der Waals surface area contributed by atoms with Crippen LogP contribution in [0.5, 0.6) is 5.75 Å². The maximum absolute atomic E-state index is 13.3. The van der Waals surface area contributed by atoms with Crippen LogP contribution in [-0.2, 0) is 16.4 Å². The molecule has 0 atom stereocenters. The van der Waals surface area contributed by atoms with Gasteiger partial charge in [0.1, 0.15) is 5.75 Å². The normalized spacial score (nSPS) is 13.4. The van der Waals surface area contributed by atoms with E-state index in [9.17, 15) is 13.2 Å². The lowest BCUT2D eigenvalue weighted by molar-refractivity contribution is 0.102. The van der Waals surface area contributed by atoms with Crippen molar-refractivity contribution >= 4 is 27.3 Å². The Hall–Kier alpha value is -3.32. The van der Waals surface area contributed by atoms with Crippen LogP contribution in [-0.4, -0.2) is 28.0 Å². The molecule has 1 N–H and O–H groups in total. The summed E-state index contributed by atoms with van der Waals surface area (Å²) in [6.07, 6.45) is 1.45. The number of anilines is 2. The van der Waals surface area contributed by atoms with Crippen molar-refractivity contribution in [3.8, 4) is 5.75 Å². The highest BCUT2D eigenvalue weighted by molar-refractivity contribution is 7.92. The monoisotopic (exact) mass is 450 g/mol. The Morgan fingerprint density at radius 1 is 1.00 bits per heavy atom. The average Bonchev–Trinajstić information content (AvgIpc) is 2.80. The molecule has 1 aliphatic heterocycles. The van der Waals surface area contributed by atoms with Gasteiger partial charge in [-0.1, -0.05) is 17.7 Å². The van der Waals surface area contributed by atoms with Crippen LogP contribution >= 0.6 is 0 Å². The lowest BCUT2D eigenvalue weighted by atomic mass is 10.0. The lowest BCUT2D eigenvalue weighted by Gasteiger charge is -2.31. The van der Waals surface area contributed by atoms with Crippen molar-refractivity contribution in [2.75, 3.05) is 23.3 Å². The average molecular weight is 451 g/mol. The first kappa shape index (κ1) is 21.9. The minimum absolute atomic E-state index is 0.176. The summed E-state index contributed by atoms with van der Waals surface area (Å²) in [5, 5.41) is 2.95. The summed E-state index contributed by atoms with van der Waals surface area (Å²) in [5.41, 5.74) is 4.75. The molecule has 6 nitrogen and oxygen atoms in total. The van der Waals surface area contributed by atoms with E-state index < -0.39 is 10.0 Å². The predicted octanol–water partition coefficient (Wildman–Crippen LogP) is 4.71. The third kappa shape index (κ3) is 4.21. The van der Waals surface area contributed by atoms with Crippen LogP contribution in [0.2, 0.25) is 0 Å². The van der Waals surface area contributed by atoms with Crippen molar-refractivity contribution in [1.82, 2.24) is 0 Å². The van der Waals surface area contributed by atoms with E-state index >= 15 is 0 Å². The number of sulfonamides is 1. The summed E-state index contributed by atoms with van der Waals surface area (Å²) >= 11 is 0. The summed E-state index contributed by atoms with van der Waals surface area (Å²) < 4.78 is 33.1. The first-order valence-electron chi connectivity index (χ1n) is 10.5. The van der Waals surface area contributed by atoms with Crippen molar-refractivity contribution in [3.05, 3.63) is 82.9 Å². The van der Waals surface area contributed by atoms with Crippen molar-refractivity contribution in [3.63, 3.8) is 0 Å². The van der Waals surface area contributed by atoms with E-state index in [0.717, 1.165) is 23.1 Å². The number of amides is 1. The molecular formula is C25H26N2O4S. The van der Waals surface area contributed by atoms with Gasteiger partial charge in [0.05, 0.1) is 17.7 Å². The zero-order chi connectivity index (χ0) is 22.9. The molecule has 32 heavy (non-hydrogen) atoms. The number of rotatable bonds is 5. The van der Waals surface area contributed by atoms with Gasteiger partial charge in [0.15, 0.2) is 0 Å². The summed E-state index contributed by atoms with van der Waals surface area (Å²) in [6, 6.07) is 17.6. The second-order valence-corrected chi connectivity index (χ2v) is 9.83. The van der Waals surface area contributed by atoms with Gasteiger partial charge in [0, 0.05) is 17.8 Å². The van der Waals surface area contributed by atoms with Crippen LogP contribution in [0.25, 0.3) is 0 Å². The van der Waals surface area contributed by atoms with E-state index in [2.05, 4.69) is 5.32 Å². The highest BCUT2D eigenvalue weighted by atomic mass is 32.2. The SMILES string of the molecule is COc1ccc(S(=O)(=O)N2CCCc3cc(NC(=O)c4cc(C)ccc4C)ccc32)cc1. The largest absolute Gasteiger partial charge is 0.497 e. The Labute approximate surface area is 188 Å². The minimum Gasteiger partial charge on any atom is -0.497 e. The van der Waals surface area contributed by atoms with Gasteiger partial charge in [-0.3, -0.25) is 9.10 Å². The Bertz CT molecular complexity index is 1270. The number of hydrogen-bond acceptors (Lipinski definition) is 4. The maximum atomic E-state index is 13.3. The first-order chi connectivity index (χ1) is 15.3. The van der Waals surface area contributed by atoms with Gasteiger partial charge in [-0.25, -0.2) is 8.42 Å². The van der Waals surface area contributed by atoms with Gasteiger partial charge < -0.3 is 10.1 Å². The number of carbonyl (C=O) groups is 1. The van der Waals surface area contributed by atoms with Gasteiger partial charge in [-0.15, -0.1) is 0 Å². The van der Waals surface area contributed by atoms with Gasteiger partial charge >= 0.3 is 0 Å². The number of benzene rings is 3. The number of fused-ring (bicyclic) bond motifs is 1. The number of nitrogens with one attached hydrogen (secondary N) is 1. The third-order valence-corrected chi connectivity index (χ3v) is 7.53. The second kappa shape index (κ2) is 8.67. The molecule has 1 aliphatic rings. The molecule has 166 valence electrons. The molecule has 4 rings (SSSR count). The van der Waals surface area contributed by atoms with E-state index in [1.165, 1.54) is 4.31 Å². The van der Waals surface area contributed by atoms with E-state index in [1.807, 2.05) is 38.1 Å². The predicted molar refractivity (Wildman–Crippen MR) is 126 cm³/mol. The lowest BCUT2D eigenvalue weighted by Crippen LogP contribution is -2.35. The summed E-state index contributed by atoms with van der Waals surface area (Å²) in [7, 11) is -2.16. The Kier molecular flexibility index (Phi) is 5.93. The number of ether oxygens (including phenoxy) is 1. The molecule has 1 heterocycles. The fourth-order valence-electron chi connectivity index (χ4n) is 3.94. The van der Waals surface area contributed by atoms with Crippen LogP contribution in [0, 0.1) is 13.8 Å². The Balaban J connectivity index is 1.61. The van der Waals surface area contributed by atoms with Crippen LogP contribution in [0.4, 0.5) is 11.4 Å². The zero-order valence-electron chi connectivity index (χ0n) is 18.4. The van der Waals surface area contributed by atoms with E-state index in [0.29, 0.717) is 35.7 Å². The summed E-state index contributed by atoms with van der Waals surface area (Å²) in [5.74, 6) is 0.428. The van der Waals surface area contributed by atoms with Gasteiger partial charge in [-0.05, 0) is 86.3 Å². The van der Waals surface area contributed by atoms with E-state index in [4.69, 9.17) is 4.74 Å². The van der Waals surface area contributed by atoms with Crippen LogP contribution in [0.1, 0.15) is 33.5 Å². The molecule has 0 aliphatic carbocycles. The topological polar surface area (TPSA) is 75.7 Å². The second-order valence-electron chi connectivity index (χ2n) is 7.97. The number of hydrogen-bond donors (Lipinski definition) is 1. The zero-order valence-corrected chi connectivity index (χ0v) is 19.2. The molecule has 1 amide bonds. The molecule has 0 spiro atoms. The standard InChI is InChI=1S/C25H26N2O4S/c1-17-6-7-18(2)23(15-17)25(28)26-20-8-13-24-19(16-20)5-4-14-27(24)32(29,30)22-11-9-21(31-3)10-12-22/h6-13,15-16H,4-5,14H2,1-3H3,(H,26,28). The molecule has 7 heteroatoms. The van der Waals surface area contributed by atoms with Crippen LogP contribution in [0.15, 0.2) is 65.6 Å². The maximum Gasteiger partial charge on any atom is 0.264 e. The Morgan fingerprint density at radius 2 is 1.75 bits per heavy atom. The summed E-state index contributed by atoms with van der Waals surface area (Å²) in [6.45, 7) is 4.27. The van der Waals surface area contributed by atoms with Crippen molar-refractivity contribution in [2.45, 2.75) is 31.6 Å². The highest BCUT2D eigenvalue weighted by Crippen LogP contribution is 2.34. The quantitative estimate of drug-likeness (QED) is 0.611. The van der Waals surface area contributed by atoms with E-state index in [-0.39, 0.29) is 10.8 Å². The van der Waals surface area contributed by atoms with E-state index in [1.54, 1.807) is 43.5 Å². The molecule has 3 aromatic rings. The molecular weight excluding hydrogens is 424 g/mol. The molecule has 3 aromatic carbocycles. The van der Waals surface area contributed by atoms with Gasteiger partial charge in [0.25, 0.3) is 15.9 Å². The van der Waals surface area contributed by atoms with Crippen molar-refractivity contribution in [1.29, 1.82) is 0 Å². The molecule has 0 unspecified atom stereocenters. The highest BCUT2D eigenvalue weighted by Gasteiger charge is 2.29. The number of methoxy groups -OCH3 is 1. The molecule has 0 bridgehead atoms. The fraction of sp³-hybridized carbons (Fsp3) is 0.240.